The van der Waals surface area contributed by atoms with Crippen LogP contribution < -0.4 is 4.74 Å². The standard InChI is InChI=1S/C16H16N2OS/c1-18-15-10-13(20-2)8-9-14(15)17-16(18)11-19-12-6-4-3-5-7-12/h3-10H,11H2,1-2H3. The molecule has 4 heteroatoms. The van der Waals surface area contributed by atoms with E-state index in [0.29, 0.717) is 6.61 Å². The van der Waals surface area contributed by atoms with E-state index in [4.69, 9.17) is 4.74 Å². The average Bonchev–Trinajstić information content (AvgIpc) is 2.82. The summed E-state index contributed by atoms with van der Waals surface area (Å²) in [6, 6.07) is 16.1. The number of hydrogen-bond acceptors (Lipinski definition) is 3. The van der Waals surface area contributed by atoms with Gasteiger partial charge >= 0.3 is 0 Å². The van der Waals surface area contributed by atoms with Crippen LogP contribution in [0.3, 0.4) is 0 Å². The van der Waals surface area contributed by atoms with Crippen LogP contribution in [0.15, 0.2) is 53.4 Å². The lowest BCUT2D eigenvalue weighted by Gasteiger charge is -2.06. The maximum absolute atomic E-state index is 5.77. The minimum atomic E-state index is 0.476. The zero-order valence-electron chi connectivity index (χ0n) is 11.5. The van der Waals surface area contributed by atoms with Gasteiger partial charge in [-0.2, -0.15) is 0 Å². The second-order valence-electron chi connectivity index (χ2n) is 4.54. The van der Waals surface area contributed by atoms with Gasteiger partial charge in [0.1, 0.15) is 18.2 Å². The van der Waals surface area contributed by atoms with E-state index in [1.165, 1.54) is 4.90 Å². The number of thioether (sulfide) groups is 1. The second-order valence-corrected chi connectivity index (χ2v) is 5.42. The van der Waals surface area contributed by atoms with E-state index < -0.39 is 0 Å². The number of para-hydroxylation sites is 1. The van der Waals surface area contributed by atoms with Gasteiger partial charge in [-0.3, -0.25) is 0 Å². The molecular weight excluding hydrogens is 268 g/mol. The number of ether oxygens (including phenoxy) is 1. The first-order valence-corrected chi connectivity index (χ1v) is 7.67. The normalized spacial score (nSPS) is 10.9. The fourth-order valence-electron chi connectivity index (χ4n) is 2.14. The Labute approximate surface area is 122 Å². The molecule has 3 aromatic rings. The van der Waals surface area contributed by atoms with Crippen molar-refractivity contribution < 1.29 is 4.74 Å². The predicted molar refractivity (Wildman–Crippen MR) is 83.3 cm³/mol. The van der Waals surface area contributed by atoms with Crippen LogP contribution in [-0.4, -0.2) is 15.8 Å². The number of benzene rings is 2. The third kappa shape index (κ3) is 2.51. The number of nitrogens with zero attached hydrogens (tertiary/aromatic N) is 2. The van der Waals surface area contributed by atoms with Gasteiger partial charge in [0.2, 0.25) is 0 Å². The Kier molecular flexibility index (Phi) is 3.65. The molecule has 0 N–H and O–H groups in total. The van der Waals surface area contributed by atoms with Crippen molar-refractivity contribution in [1.82, 2.24) is 9.55 Å². The highest BCUT2D eigenvalue weighted by Crippen LogP contribution is 2.22. The van der Waals surface area contributed by atoms with Crippen LogP contribution >= 0.6 is 11.8 Å². The van der Waals surface area contributed by atoms with Crippen LogP contribution in [-0.2, 0) is 13.7 Å². The fraction of sp³-hybridized carbons (Fsp3) is 0.188. The van der Waals surface area contributed by atoms with Crippen molar-refractivity contribution in [3.05, 3.63) is 54.4 Å². The number of fused-ring (bicyclic) bond motifs is 1. The number of aryl methyl sites for hydroxylation is 1. The molecule has 2 aromatic carbocycles. The molecule has 0 bridgehead atoms. The molecule has 0 saturated carbocycles. The second kappa shape index (κ2) is 5.59. The van der Waals surface area contributed by atoms with Gasteiger partial charge in [0.05, 0.1) is 11.0 Å². The molecule has 1 aromatic heterocycles. The summed E-state index contributed by atoms with van der Waals surface area (Å²) in [6.07, 6.45) is 2.08. The highest BCUT2D eigenvalue weighted by molar-refractivity contribution is 7.98. The summed E-state index contributed by atoms with van der Waals surface area (Å²) in [5.74, 6) is 1.80. The Hall–Kier alpha value is -1.94. The van der Waals surface area contributed by atoms with Crippen molar-refractivity contribution in [3.8, 4) is 5.75 Å². The van der Waals surface area contributed by atoms with E-state index in [1.54, 1.807) is 11.8 Å². The average molecular weight is 284 g/mol. The Morgan fingerprint density at radius 1 is 1.15 bits per heavy atom. The smallest absolute Gasteiger partial charge is 0.147 e. The maximum atomic E-state index is 5.77. The third-order valence-corrected chi connectivity index (χ3v) is 4.02. The molecule has 1 heterocycles. The molecular formula is C16H16N2OS. The van der Waals surface area contributed by atoms with Gasteiger partial charge in [-0.1, -0.05) is 18.2 Å². The van der Waals surface area contributed by atoms with Crippen molar-refractivity contribution in [2.45, 2.75) is 11.5 Å². The number of hydrogen-bond donors (Lipinski definition) is 0. The van der Waals surface area contributed by atoms with Gasteiger partial charge in [0.25, 0.3) is 0 Å². The fourth-order valence-corrected chi connectivity index (χ4v) is 2.57. The van der Waals surface area contributed by atoms with Crippen molar-refractivity contribution in [2.24, 2.45) is 7.05 Å². The largest absolute Gasteiger partial charge is 0.486 e. The molecule has 0 saturated heterocycles. The highest BCUT2D eigenvalue weighted by Gasteiger charge is 2.08. The number of aromatic nitrogens is 2. The first kappa shape index (κ1) is 13.1. The summed E-state index contributed by atoms with van der Waals surface area (Å²) < 4.78 is 7.87. The van der Waals surface area contributed by atoms with E-state index in [9.17, 15) is 0 Å². The first-order chi connectivity index (χ1) is 9.78. The van der Waals surface area contributed by atoms with Crippen LogP contribution in [0.2, 0.25) is 0 Å². The molecule has 0 spiro atoms. The van der Waals surface area contributed by atoms with E-state index in [2.05, 4.69) is 34.0 Å². The van der Waals surface area contributed by atoms with E-state index >= 15 is 0 Å². The van der Waals surface area contributed by atoms with Gasteiger partial charge in [-0.15, -0.1) is 11.8 Å². The van der Waals surface area contributed by atoms with Crippen LogP contribution in [0.1, 0.15) is 5.82 Å². The summed E-state index contributed by atoms with van der Waals surface area (Å²) in [5.41, 5.74) is 2.15. The zero-order chi connectivity index (χ0) is 13.9. The molecule has 3 nitrogen and oxygen atoms in total. The van der Waals surface area contributed by atoms with Crippen molar-refractivity contribution >= 4 is 22.8 Å². The Morgan fingerprint density at radius 3 is 2.70 bits per heavy atom. The lowest BCUT2D eigenvalue weighted by atomic mass is 10.3. The van der Waals surface area contributed by atoms with Gasteiger partial charge in [0.15, 0.2) is 0 Å². The summed E-state index contributed by atoms with van der Waals surface area (Å²) in [6.45, 7) is 0.476. The molecule has 3 rings (SSSR count). The first-order valence-electron chi connectivity index (χ1n) is 6.45. The van der Waals surface area contributed by atoms with Gasteiger partial charge in [0, 0.05) is 11.9 Å². The Bertz CT molecular complexity index is 722. The van der Waals surface area contributed by atoms with Crippen molar-refractivity contribution in [1.29, 1.82) is 0 Å². The number of rotatable bonds is 4. The Morgan fingerprint density at radius 2 is 1.95 bits per heavy atom. The van der Waals surface area contributed by atoms with E-state index in [1.807, 2.05) is 37.4 Å². The minimum Gasteiger partial charge on any atom is -0.486 e. The summed E-state index contributed by atoms with van der Waals surface area (Å²) >= 11 is 1.74. The number of imidazole rings is 1. The summed E-state index contributed by atoms with van der Waals surface area (Å²) in [4.78, 5) is 5.88. The quantitative estimate of drug-likeness (QED) is 0.680. The van der Waals surface area contributed by atoms with Gasteiger partial charge in [-0.05, 0) is 36.6 Å². The molecule has 102 valence electrons. The molecule has 0 radical (unpaired) electrons. The zero-order valence-corrected chi connectivity index (χ0v) is 12.4. The molecule has 0 atom stereocenters. The third-order valence-electron chi connectivity index (χ3n) is 3.29. The lowest BCUT2D eigenvalue weighted by Crippen LogP contribution is -2.03. The summed E-state index contributed by atoms with van der Waals surface area (Å²) in [5, 5.41) is 0. The monoisotopic (exact) mass is 284 g/mol. The molecule has 0 aliphatic rings. The van der Waals surface area contributed by atoms with E-state index in [-0.39, 0.29) is 0 Å². The molecule has 0 unspecified atom stereocenters. The van der Waals surface area contributed by atoms with Gasteiger partial charge < -0.3 is 9.30 Å². The topological polar surface area (TPSA) is 27.1 Å². The Balaban J connectivity index is 1.86. The molecule has 0 aliphatic heterocycles. The lowest BCUT2D eigenvalue weighted by molar-refractivity contribution is 0.292. The van der Waals surface area contributed by atoms with Crippen LogP contribution in [0, 0.1) is 0 Å². The predicted octanol–water partition coefficient (Wildman–Crippen LogP) is 3.87. The minimum absolute atomic E-state index is 0.476. The molecule has 0 amide bonds. The van der Waals surface area contributed by atoms with Crippen LogP contribution in [0.4, 0.5) is 0 Å². The highest BCUT2D eigenvalue weighted by atomic mass is 32.2. The van der Waals surface area contributed by atoms with Crippen LogP contribution in [0.5, 0.6) is 5.75 Å². The van der Waals surface area contributed by atoms with Crippen LogP contribution in [0.25, 0.3) is 11.0 Å². The maximum Gasteiger partial charge on any atom is 0.147 e. The van der Waals surface area contributed by atoms with Crippen molar-refractivity contribution in [3.63, 3.8) is 0 Å². The van der Waals surface area contributed by atoms with E-state index in [0.717, 1.165) is 22.6 Å². The van der Waals surface area contributed by atoms with Crippen molar-refractivity contribution in [2.75, 3.05) is 6.26 Å². The molecule has 0 fully saturated rings. The summed E-state index contributed by atoms with van der Waals surface area (Å²) in [7, 11) is 2.03. The SMILES string of the molecule is CSc1ccc2nc(COc3ccccc3)n(C)c2c1. The van der Waals surface area contributed by atoms with Gasteiger partial charge in [-0.25, -0.2) is 4.98 Å². The molecule has 20 heavy (non-hydrogen) atoms. The molecule has 0 aliphatic carbocycles.